The van der Waals surface area contributed by atoms with Crippen molar-refractivity contribution in [2.75, 3.05) is 5.73 Å². The molecule has 2 rings (SSSR count). The van der Waals surface area contributed by atoms with E-state index in [1.54, 1.807) is 0 Å². The normalized spacial score (nSPS) is 10.8. The minimum absolute atomic E-state index is 0.343. The highest BCUT2D eigenvalue weighted by atomic mass is 15.1. The number of hydrogen-bond acceptors (Lipinski definition) is 5. The van der Waals surface area contributed by atoms with Crippen LogP contribution in [0.4, 0.5) is 5.82 Å². The molecule has 0 aromatic carbocycles. The third-order valence-electron chi connectivity index (χ3n) is 1.56. The fraction of sp³-hybridized carbons (Fsp3) is 0.167. The molecule has 6 nitrogen and oxygen atoms in total. The lowest BCUT2D eigenvalue weighted by atomic mass is 10.5. The van der Waals surface area contributed by atoms with Crippen LogP contribution in [0.25, 0.3) is 11.2 Å². The highest BCUT2D eigenvalue weighted by molar-refractivity contribution is 5.80. The van der Waals surface area contributed by atoms with Gasteiger partial charge in [-0.3, -0.25) is 0 Å². The maximum atomic E-state index is 5.56. The number of hydrogen-bond donors (Lipinski definition) is 3. The van der Waals surface area contributed by atoms with E-state index in [9.17, 15) is 0 Å². The SMILES string of the molecule is NCc1nc2ncnc(N)c2[nH]1. The molecule has 0 radical (unpaired) electrons. The summed E-state index contributed by atoms with van der Waals surface area (Å²) in [4.78, 5) is 14.7. The van der Waals surface area contributed by atoms with Gasteiger partial charge in [0, 0.05) is 0 Å². The van der Waals surface area contributed by atoms with E-state index < -0.39 is 0 Å². The standard InChI is InChI=1S/C6H8N6/c7-1-3-11-4-5(8)9-2-10-6(4)12-3/h2H,1,7H2,(H3,8,9,10,11,12). The molecule has 0 atom stereocenters. The van der Waals surface area contributed by atoms with Crippen LogP contribution < -0.4 is 11.5 Å². The number of nitrogen functional groups attached to an aromatic ring is 1. The van der Waals surface area contributed by atoms with Crippen molar-refractivity contribution in [3.8, 4) is 0 Å². The lowest BCUT2D eigenvalue weighted by molar-refractivity contribution is 0.956. The maximum Gasteiger partial charge on any atom is 0.183 e. The van der Waals surface area contributed by atoms with Gasteiger partial charge >= 0.3 is 0 Å². The second-order valence-corrected chi connectivity index (χ2v) is 2.35. The molecule has 0 aliphatic carbocycles. The predicted octanol–water partition coefficient (Wildman–Crippen LogP) is -0.606. The molecular formula is C6H8N6. The Labute approximate surface area is 68.0 Å². The largest absolute Gasteiger partial charge is 0.382 e. The van der Waals surface area contributed by atoms with Crippen LogP contribution in [-0.4, -0.2) is 19.9 Å². The minimum atomic E-state index is 0.343. The summed E-state index contributed by atoms with van der Waals surface area (Å²) in [5.74, 6) is 1.06. The Kier molecular flexibility index (Phi) is 1.41. The maximum absolute atomic E-state index is 5.56. The fourth-order valence-electron chi connectivity index (χ4n) is 0.991. The van der Waals surface area contributed by atoms with Crippen LogP contribution in [0.3, 0.4) is 0 Å². The molecule has 12 heavy (non-hydrogen) atoms. The monoisotopic (exact) mass is 164 g/mol. The summed E-state index contributed by atoms with van der Waals surface area (Å²) in [7, 11) is 0. The smallest absolute Gasteiger partial charge is 0.183 e. The first-order valence-corrected chi connectivity index (χ1v) is 3.46. The molecule has 0 spiro atoms. The Morgan fingerprint density at radius 1 is 1.42 bits per heavy atom. The molecule has 0 saturated carbocycles. The molecule has 2 aromatic heterocycles. The van der Waals surface area contributed by atoms with E-state index in [0.29, 0.717) is 29.4 Å². The molecule has 0 aliphatic rings. The van der Waals surface area contributed by atoms with Gasteiger partial charge in [0.25, 0.3) is 0 Å². The predicted molar refractivity (Wildman–Crippen MR) is 44.0 cm³/mol. The van der Waals surface area contributed by atoms with Crippen molar-refractivity contribution >= 4 is 17.0 Å². The van der Waals surface area contributed by atoms with Crippen molar-refractivity contribution in [3.05, 3.63) is 12.2 Å². The molecule has 2 heterocycles. The number of anilines is 1. The summed E-state index contributed by atoms with van der Waals surface area (Å²) in [5, 5.41) is 0. The summed E-state index contributed by atoms with van der Waals surface area (Å²) in [6.45, 7) is 0.343. The van der Waals surface area contributed by atoms with Gasteiger partial charge in [-0.2, -0.15) is 0 Å². The van der Waals surface area contributed by atoms with Gasteiger partial charge in [-0.15, -0.1) is 0 Å². The number of H-pyrrole nitrogens is 1. The summed E-state index contributed by atoms with van der Waals surface area (Å²) >= 11 is 0. The van der Waals surface area contributed by atoms with Crippen molar-refractivity contribution in [3.63, 3.8) is 0 Å². The summed E-state index contributed by atoms with van der Waals surface area (Å²) in [5.41, 5.74) is 12.2. The quantitative estimate of drug-likeness (QED) is 0.521. The molecule has 0 aliphatic heterocycles. The van der Waals surface area contributed by atoms with Gasteiger partial charge < -0.3 is 16.5 Å². The van der Waals surface area contributed by atoms with Gasteiger partial charge in [-0.25, -0.2) is 15.0 Å². The van der Waals surface area contributed by atoms with E-state index in [1.165, 1.54) is 6.33 Å². The van der Waals surface area contributed by atoms with Crippen LogP contribution in [0.5, 0.6) is 0 Å². The van der Waals surface area contributed by atoms with Crippen molar-refractivity contribution < 1.29 is 0 Å². The van der Waals surface area contributed by atoms with Crippen LogP contribution in [0.15, 0.2) is 6.33 Å². The zero-order valence-corrected chi connectivity index (χ0v) is 6.28. The number of nitrogens with two attached hydrogens (primary N) is 2. The van der Waals surface area contributed by atoms with Crippen molar-refractivity contribution in [2.45, 2.75) is 6.54 Å². The van der Waals surface area contributed by atoms with Gasteiger partial charge in [-0.05, 0) is 0 Å². The van der Waals surface area contributed by atoms with Gasteiger partial charge in [0.1, 0.15) is 17.7 Å². The second kappa shape index (κ2) is 2.42. The van der Waals surface area contributed by atoms with E-state index in [1.807, 2.05) is 0 Å². The fourth-order valence-corrected chi connectivity index (χ4v) is 0.991. The molecule has 5 N–H and O–H groups in total. The molecule has 62 valence electrons. The van der Waals surface area contributed by atoms with Gasteiger partial charge in [0.2, 0.25) is 0 Å². The first-order chi connectivity index (χ1) is 5.81. The number of rotatable bonds is 1. The third-order valence-corrected chi connectivity index (χ3v) is 1.56. The second-order valence-electron chi connectivity index (χ2n) is 2.35. The van der Waals surface area contributed by atoms with Gasteiger partial charge in [0.05, 0.1) is 6.54 Å². The van der Waals surface area contributed by atoms with Crippen LogP contribution in [0, 0.1) is 0 Å². The molecule has 0 saturated heterocycles. The zero-order chi connectivity index (χ0) is 8.55. The average Bonchev–Trinajstić information content (AvgIpc) is 2.49. The number of aromatic amines is 1. The number of fused-ring (bicyclic) bond motifs is 1. The van der Waals surface area contributed by atoms with E-state index in [2.05, 4.69) is 19.9 Å². The Balaban J connectivity index is 2.74. The molecule has 2 aromatic rings. The van der Waals surface area contributed by atoms with Crippen LogP contribution in [0.1, 0.15) is 5.82 Å². The van der Waals surface area contributed by atoms with Crippen molar-refractivity contribution in [1.29, 1.82) is 0 Å². The van der Waals surface area contributed by atoms with E-state index in [0.717, 1.165) is 0 Å². The lowest BCUT2D eigenvalue weighted by Gasteiger charge is -1.89. The molecule has 0 fully saturated rings. The Morgan fingerprint density at radius 3 is 2.92 bits per heavy atom. The molecule has 0 unspecified atom stereocenters. The minimum Gasteiger partial charge on any atom is -0.382 e. The van der Waals surface area contributed by atoms with Gasteiger partial charge in [0.15, 0.2) is 11.5 Å². The molecular weight excluding hydrogens is 156 g/mol. The Hall–Kier alpha value is -1.69. The van der Waals surface area contributed by atoms with Gasteiger partial charge in [-0.1, -0.05) is 0 Å². The van der Waals surface area contributed by atoms with Crippen LogP contribution in [0.2, 0.25) is 0 Å². The van der Waals surface area contributed by atoms with E-state index >= 15 is 0 Å². The third kappa shape index (κ3) is 0.892. The molecule has 6 heteroatoms. The topological polar surface area (TPSA) is 106 Å². The summed E-state index contributed by atoms with van der Waals surface area (Å²) < 4.78 is 0. The number of nitrogens with one attached hydrogen (secondary N) is 1. The lowest BCUT2D eigenvalue weighted by Crippen LogP contribution is -1.97. The summed E-state index contributed by atoms with van der Waals surface area (Å²) in [6.07, 6.45) is 1.37. The highest BCUT2D eigenvalue weighted by Gasteiger charge is 2.04. The van der Waals surface area contributed by atoms with Crippen molar-refractivity contribution in [2.24, 2.45) is 5.73 Å². The number of aromatic nitrogens is 4. The first kappa shape index (κ1) is 6.99. The average molecular weight is 164 g/mol. The Morgan fingerprint density at radius 2 is 2.25 bits per heavy atom. The molecule has 0 bridgehead atoms. The number of imidazole rings is 1. The van der Waals surface area contributed by atoms with E-state index in [-0.39, 0.29) is 0 Å². The Bertz CT molecular complexity index is 405. The molecule has 0 amide bonds. The summed E-state index contributed by atoms with van der Waals surface area (Å²) in [6, 6.07) is 0. The van der Waals surface area contributed by atoms with Crippen molar-refractivity contribution in [1.82, 2.24) is 19.9 Å². The van der Waals surface area contributed by atoms with Crippen LogP contribution >= 0.6 is 0 Å². The zero-order valence-electron chi connectivity index (χ0n) is 6.28. The van der Waals surface area contributed by atoms with Crippen LogP contribution in [-0.2, 0) is 6.54 Å². The highest BCUT2D eigenvalue weighted by Crippen LogP contribution is 2.12. The van der Waals surface area contributed by atoms with E-state index in [4.69, 9.17) is 11.5 Å². The number of nitrogens with zero attached hydrogens (tertiary/aromatic N) is 3. The first-order valence-electron chi connectivity index (χ1n) is 3.46.